The standard InChI is InChI=1S/C16H20N4O3/c1-5-6-7-20-15(12(10-17)18-19-20)11-8-13(21-2)16(23-4)14(9-11)22-3/h8-9H,5-7H2,1-4H3. The molecule has 23 heavy (non-hydrogen) atoms. The third kappa shape index (κ3) is 3.21. The molecule has 0 aliphatic heterocycles. The van der Waals surface area contributed by atoms with Crippen molar-refractivity contribution >= 4 is 0 Å². The van der Waals surface area contributed by atoms with Gasteiger partial charge in [0, 0.05) is 12.1 Å². The molecule has 2 rings (SSSR count). The minimum absolute atomic E-state index is 0.273. The van der Waals surface area contributed by atoms with Crippen molar-refractivity contribution in [1.29, 1.82) is 5.26 Å². The van der Waals surface area contributed by atoms with Gasteiger partial charge in [-0.25, -0.2) is 4.68 Å². The normalized spacial score (nSPS) is 10.2. The van der Waals surface area contributed by atoms with Crippen LogP contribution in [-0.4, -0.2) is 36.3 Å². The Morgan fingerprint density at radius 3 is 2.26 bits per heavy atom. The molecule has 1 heterocycles. The monoisotopic (exact) mass is 316 g/mol. The number of hydrogen-bond acceptors (Lipinski definition) is 6. The summed E-state index contributed by atoms with van der Waals surface area (Å²) in [5.74, 6) is 1.55. The lowest BCUT2D eigenvalue weighted by Gasteiger charge is -2.14. The lowest BCUT2D eigenvalue weighted by molar-refractivity contribution is 0.324. The molecule has 0 spiro atoms. The summed E-state index contributed by atoms with van der Waals surface area (Å²) in [6, 6.07) is 5.68. The van der Waals surface area contributed by atoms with Gasteiger partial charge in [0.2, 0.25) is 5.75 Å². The Morgan fingerprint density at radius 2 is 1.78 bits per heavy atom. The molecule has 0 aliphatic rings. The molecule has 0 amide bonds. The van der Waals surface area contributed by atoms with Crippen LogP contribution in [0.1, 0.15) is 25.5 Å². The van der Waals surface area contributed by atoms with E-state index in [9.17, 15) is 5.26 Å². The van der Waals surface area contributed by atoms with Gasteiger partial charge in [-0.15, -0.1) is 5.10 Å². The fraction of sp³-hybridized carbons (Fsp3) is 0.438. The van der Waals surface area contributed by atoms with Gasteiger partial charge in [-0.05, 0) is 18.6 Å². The number of methoxy groups -OCH3 is 3. The van der Waals surface area contributed by atoms with E-state index >= 15 is 0 Å². The Morgan fingerprint density at radius 1 is 1.13 bits per heavy atom. The first kappa shape index (κ1) is 16.6. The van der Waals surface area contributed by atoms with E-state index in [0.29, 0.717) is 29.5 Å². The van der Waals surface area contributed by atoms with Crippen LogP contribution in [0.3, 0.4) is 0 Å². The van der Waals surface area contributed by atoms with E-state index < -0.39 is 0 Å². The molecule has 7 heteroatoms. The molecule has 7 nitrogen and oxygen atoms in total. The number of nitrogens with zero attached hydrogens (tertiary/aromatic N) is 4. The molecule has 0 fully saturated rings. The van der Waals surface area contributed by atoms with E-state index in [0.717, 1.165) is 18.4 Å². The number of benzene rings is 1. The van der Waals surface area contributed by atoms with Crippen molar-refractivity contribution in [3.63, 3.8) is 0 Å². The number of ether oxygens (including phenoxy) is 3. The van der Waals surface area contributed by atoms with Crippen molar-refractivity contribution < 1.29 is 14.2 Å². The Labute approximate surface area is 135 Å². The molecule has 0 unspecified atom stereocenters. The van der Waals surface area contributed by atoms with Crippen LogP contribution in [0.15, 0.2) is 12.1 Å². The van der Waals surface area contributed by atoms with Gasteiger partial charge in [0.15, 0.2) is 17.2 Å². The van der Waals surface area contributed by atoms with E-state index in [1.54, 1.807) is 38.1 Å². The van der Waals surface area contributed by atoms with Crippen LogP contribution in [0.2, 0.25) is 0 Å². The molecular weight excluding hydrogens is 296 g/mol. The van der Waals surface area contributed by atoms with Crippen LogP contribution in [-0.2, 0) is 6.54 Å². The number of rotatable bonds is 7. The predicted octanol–water partition coefficient (Wildman–Crippen LogP) is 2.64. The molecule has 0 saturated carbocycles. The summed E-state index contributed by atoms with van der Waals surface area (Å²) in [6.07, 6.45) is 1.97. The van der Waals surface area contributed by atoms with Gasteiger partial charge in [-0.1, -0.05) is 18.6 Å². The quantitative estimate of drug-likeness (QED) is 0.781. The zero-order valence-electron chi connectivity index (χ0n) is 13.8. The zero-order valence-corrected chi connectivity index (χ0v) is 13.8. The fourth-order valence-corrected chi connectivity index (χ4v) is 2.36. The summed E-state index contributed by atoms with van der Waals surface area (Å²) in [5.41, 5.74) is 1.67. The van der Waals surface area contributed by atoms with E-state index in [1.807, 2.05) is 0 Å². The summed E-state index contributed by atoms with van der Waals surface area (Å²) in [5, 5.41) is 17.4. The number of unbranched alkanes of at least 4 members (excludes halogenated alkanes) is 1. The van der Waals surface area contributed by atoms with Crippen LogP contribution in [0.4, 0.5) is 0 Å². The SMILES string of the molecule is CCCCn1nnc(C#N)c1-c1cc(OC)c(OC)c(OC)c1. The van der Waals surface area contributed by atoms with Crippen molar-refractivity contribution in [2.24, 2.45) is 0 Å². The minimum atomic E-state index is 0.273. The Kier molecular flexibility index (Phi) is 5.41. The van der Waals surface area contributed by atoms with Crippen molar-refractivity contribution in [3.05, 3.63) is 17.8 Å². The first-order valence-corrected chi connectivity index (χ1v) is 7.34. The van der Waals surface area contributed by atoms with Crippen LogP contribution >= 0.6 is 0 Å². The Hall–Kier alpha value is -2.75. The number of hydrogen-bond donors (Lipinski definition) is 0. The second-order valence-corrected chi connectivity index (χ2v) is 4.89. The van der Waals surface area contributed by atoms with Gasteiger partial charge in [0.25, 0.3) is 0 Å². The summed E-state index contributed by atoms with van der Waals surface area (Å²) in [7, 11) is 4.66. The highest BCUT2D eigenvalue weighted by molar-refractivity contribution is 5.71. The maximum atomic E-state index is 9.32. The molecule has 0 bridgehead atoms. The molecule has 122 valence electrons. The predicted molar refractivity (Wildman–Crippen MR) is 84.7 cm³/mol. The fourth-order valence-electron chi connectivity index (χ4n) is 2.36. The average Bonchev–Trinajstić information content (AvgIpc) is 3.01. The molecule has 0 atom stereocenters. The minimum Gasteiger partial charge on any atom is -0.493 e. The van der Waals surface area contributed by atoms with Gasteiger partial charge in [-0.3, -0.25) is 0 Å². The molecular formula is C16H20N4O3. The second-order valence-electron chi connectivity index (χ2n) is 4.89. The van der Waals surface area contributed by atoms with Crippen LogP contribution < -0.4 is 14.2 Å². The smallest absolute Gasteiger partial charge is 0.203 e. The highest BCUT2D eigenvalue weighted by Gasteiger charge is 2.20. The molecule has 0 saturated heterocycles. The number of aromatic nitrogens is 3. The molecule has 0 N–H and O–H groups in total. The lowest BCUT2D eigenvalue weighted by Crippen LogP contribution is -2.04. The van der Waals surface area contributed by atoms with Crippen molar-refractivity contribution in [2.75, 3.05) is 21.3 Å². The lowest BCUT2D eigenvalue weighted by atomic mass is 10.1. The third-order valence-corrected chi connectivity index (χ3v) is 3.50. The summed E-state index contributed by atoms with van der Waals surface area (Å²) < 4.78 is 17.8. The molecule has 2 aromatic rings. The highest BCUT2D eigenvalue weighted by atomic mass is 16.5. The van der Waals surface area contributed by atoms with E-state index in [2.05, 4.69) is 23.3 Å². The molecule has 0 radical (unpaired) electrons. The van der Waals surface area contributed by atoms with Gasteiger partial charge in [0.05, 0.1) is 21.3 Å². The second kappa shape index (κ2) is 7.49. The average molecular weight is 316 g/mol. The van der Waals surface area contributed by atoms with Crippen molar-refractivity contribution in [1.82, 2.24) is 15.0 Å². The van der Waals surface area contributed by atoms with Crippen LogP contribution in [0.25, 0.3) is 11.3 Å². The van der Waals surface area contributed by atoms with Gasteiger partial charge in [-0.2, -0.15) is 5.26 Å². The number of aryl methyl sites for hydroxylation is 1. The van der Waals surface area contributed by atoms with Crippen LogP contribution in [0.5, 0.6) is 17.2 Å². The maximum absolute atomic E-state index is 9.32. The maximum Gasteiger partial charge on any atom is 0.203 e. The topological polar surface area (TPSA) is 82.2 Å². The van der Waals surface area contributed by atoms with Crippen molar-refractivity contribution in [3.8, 4) is 34.6 Å². The van der Waals surface area contributed by atoms with Gasteiger partial charge >= 0.3 is 0 Å². The number of nitriles is 1. The summed E-state index contributed by atoms with van der Waals surface area (Å²) in [4.78, 5) is 0. The van der Waals surface area contributed by atoms with Gasteiger partial charge in [0.1, 0.15) is 11.8 Å². The molecule has 1 aromatic carbocycles. The molecule has 1 aromatic heterocycles. The molecule has 0 aliphatic carbocycles. The van der Waals surface area contributed by atoms with Crippen molar-refractivity contribution in [2.45, 2.75) is 26.3 Å². The van der Waals surface area contributed by atoms with Gasteiger partial charge < -0.3 is 14.2 Å². The Balaban J connectivity index is 2.62. The highest BCUT2D eigenvalue weighted by Crippen LogP contribution is 2.41. The zero-order chi connectivity index (χ0) is 16.8. The Bertz CT molecular complexity index is 694. The van der Waals surface area contributed by atoms with E-state index in [-0.39, 0.29) is 5.69 Å². The van der Waals surface area contributed by atoms with E-state index in [4.69, 9.17) is 14.2 Å². The first-order chi connectivity index (χ1) is 11.2. The first-order valence-electron chi connectivity index (χ1n) is 7.34. The summed E-state index contributed by atoms with van der Waals surface area (Å²) >= 11 is 0. The van der Waals surface area contributed by atoms with Crippen LogP contribution in [0, 0.1) is 11.3 Å². The largest absolute Gasteiger partial charge is 0.493 e. The summed E-state index contributed by atoms with van der Waals surface area (Å²) in [6.45, 7) is 2.79. The van der Waals surface area contributed by atoms with E-state index in [1.165, 1.54) is 0 Å². The third-order valence-electron chi connectivity index (χ3n) is 3.50.